The summed E-state index contributed by atoms with van der Waals surface area (Å²) in [7, 11) is 0. The summed E-state index contributed by atoms with van der Waals surface area (Å²) in [6, 6.07) is 0.100. The Kier molecular flexibility index (Phi) is 4.34. The molecule has 0 bridgehead atoms. The molecule has 0 saturated carbocycles. The fourth-order valence-corrected chi connectivity index (χ4v) is 3.47. The minimum atomic E-state index is -0.0929. The van der Waals surface area contributed by atoms with Gasteiger partial charge in [0.25, 0.3) is 0 Å². The Morgan fingerprint density at radius 3 is 2.91 bits per heavy atom. The molecule has 2 aromatic heterocycles. The average molecular weight is 334 g/mol. The molecule has 1 fully saturated rings. The lowest BCUT2D eigenvalue weighted by atomic mass is 9.96. The van der Waals surface area contributed by atoms with Gasteiger partial charge in [-0.15, -0.1) is 11.3 Å². The van der Waals surface area contributed by atoms with Crippen molar-refractivity contribution < 1.29 is 4.79 Å². The van der Waals surface area contributed by atoms with E-state index >= 15 is 0 Å². The zero-order valence-electron chi connectivity index (χ0n) is 13.7. The highest BCUT2D eigenvalue weighted by Gasteiger charge is 2.26. The van der Waals surface area contributed by atoms with Crippen molar-refractivity contribution >= 4 is 22.5 Å². The molecular weight excluding hydrogens is 312 g/mol. The van der Waals surface area contributed by atoms with Crippen LogP contribution >= 0.6 is 11.3 Å². The van der Waals surface area contributed by atoms with Crippen LogP contribution in [0.2, 0.25) is 0 Å². The maximum atomic E-state index is 12.5. The number of carbonyl (C=O) groups excluding carboxylic acids is 1. The summed E-state index contributed by atoms with van der Waals surface area (Å²) in [6.07, 6.45) is 7.06. The van der Waals surface area contributed by atoms with E-state index in [0.717, 1.165) is 24.3 Å². The van der Waals surface area contributed by atoms with Crippen LogP contribution in [0.15, 0.2) is 18.9 Å². The van der Waals surface area contributed by atoms with Crippen molar-refractivity contribution in [2.24, 2.45) is 0 Å². The van der Waals surface area contributed by atoms with Gasteiger partial charge in [-0.2, -0.15) is 5.10 Å². The van der Waals surface area contributed by atoms with Gasteiger partial charge < -0.3 is 4.90 Å². The van der Waals surface area contributed by atoms with Gasteiger partial charge in [-0.1, -0.05) is 20.8 Å². The van der Waals surface area contributed by atoms with Gasteiger partial charge in [0.15, 0.2) is 5.13 Å². The highest BCUT2D eigenvalue weighted by atomic mass is 32.1. The molecule has 1 N–H and O–H groups in total. The molecule has 3 rings (SSSR count). The van der Waals surface area contributed by atoms with Crippen LogP contribution in [-0.4, -0.2) is 43.8 Å². The summed E-state index contributed by atoms with van der Waals surface area (Å²) in [6.45, 7) is 7.82. The lowest BCUT2D eigenvalue weighted by Crippen LogP contribution is -2.43. The molecule has 3 heterocycles. The van der Waals surface area contributed by atoms with Crippen molar-refractivity contribution in [3.05, 3.63) is 23.7 Å². The summed E-state index contributed by atoms with van der Waals surface area (Å²) in [5.41, 5.74) is 0.0456. The lowest BCUT2D eigenvalue weighted by Gasteiger charge is -2.32. The van der Waals surface area contributed by atoms with Crippen LogP contribution in [0, 0.1) is 0 Å². The number of nitrogens with one attached hydrogen (secondary N) is 1. The van der Waals surface area contributed by atoms with Gasteiger partial charge in [-0.25, -0.2) is 19.4 Å². The summed E-state index contributed by atoms with van der Waals surface area (Å²) >= 11 is 1.53. The Morgan fingerprint density at radius 1 is 1.43 bits per heavy atom. The van der Waals surface area contributed by atoms with E-state index in [1.807, 2.05) is 15.8 Å². The molecule has 2 amide bonds. The third kappa shape index (κ3) is 3.69. The van der Waals surface area contributed by atoms with E-state index in [2.05, 4.69) is 41.2 Å². The summed E-state index contributed by atoms with van der Waals surface area (Å²) in [5, 5.41) is 7.76. The topological polar surface area (TPSA) is 75.9 Å². The quantitative estimate of drug-likeness (QED) is 0.916. The molecule has 1 saturated heterocycles. The van der Waals surface area contributed by atoms with Crippen LogP contribution in [-0.2, 0) is 5.41 Å². The molecule has 8 heteroatoms. The van der Waals surface area contributed by atoms with Crippen molar-refractivity contribution in [2.45, 2.75) is 45.1 Å². The van der Waals surface area contributed by atoms with Crippen LogP contribution in [0.1, 0.15) is 44.5 Å². The number of carbonyl (C=O) groups is 1. The molecule has 0 radical (unpaired) electrons. The second-order valence-electron chi connectivity index (χ2n) is 6.83. The minimum absolute atomic E-state index is 0.0456. The van der Waals surface area contributed by atoms with Gasteiger partial charge in [0.05, 0.1) is 6.04 Å². The zero-order chi connectivity index (χ0) is 16.4. The predicted octanol–water partition coefficient (Wildman–Crippen LogP) is 2.90. The molecule has 2 aromatic rings. The average Bonchev–Trinajstić information content (AvgIpc) is 3.18. The number of nitrogens with zero attached hydrogens (tertiary/aromatic N) is 5. The highest BCUT2D eigenvalue weighted by molar-refractivity contribution is 7.15. The number of piperidine rings is 1. The number of anilines is 1. The number of aromatic nitrogens is 4. The van der Waals surface area contributed by atoms with Crippen LogP contribution < -0.4 is 5.32 Å². The largest absolute Gasteiger partial charge is 0.323 e. The number of urea groups is 1. The fraction of sp³-hybridized carbons (Fsp3) is 0.600. The highest BCUT2D eigenvalue weighted by Crippen LogP contribution is 2.30. The van der Waals surface area contributed by atoms with E-state index in [0.29, 0.717) is 11.7 Å². The molecule has 0 aliphatic carbocycles. The van der Waals surface area contributed by atoms with Gasteiger partial charge in [0.1, 0.15) is 12.7 Å². The lowest BCUT2D eigenvalue weighted by molar-refractivity contribution is 0.174. The van der Waals surface area contributed by atoms with Gasteiger partial charge in [-0.05, 0) is 18.3 Å². The van der Waals surface area contributed by atoms with E-state index in [4.69, 9.17) is 0 Å². The van der Waals surface area contributed by atoms with Gasteiger partial charge in [0.2, 0.25) is 0 Å². The molecule has 0 aromatic carbocycles. The predicted molar refractivity (Wildman–Crippen MR) is 89.7 cm³/mol. The second-order valence-corrected chi connectivity index (χ2v) is 7.86. The molecule has 0 spiro atoms. The first kappa shape index (κ1) is 15.9. The van der Waals surface area contributed by atoms with E-state index in [9.17, 15) is 4.79 Å². The number of thiazole rings is 1. The van der Waals surface area contributed by atoms with E-state index in [1.54, 1.807) is 6.33 Å². The number of hydrogen-bond donors (Lipinski definition) is 1. The minimum Gasteiger partial charge on any atom is -0.322 e. The van der Waals surface area contributed by atoms with Crippen molar-refractivity contribution in [1.29, 1.82) is 0 Å². The van der Waals surface area contributed by atoms with Crippen molar-refractivity contribution in [2.75, 3.05) is 18.4 Å². The standard InChI is InChI=1S/C15H22N6OS/c1-15(2,3)12-7-17-13(23-12)19-14(22)20-6-4-5-11(8-20)21-10-16-9-18-21/h7,9-11H,4-6,8H2,1-3H3,(H,17,19,22). The van der Waals surface area contributed by atoms with E-state index < -0.39 is 0 Å². The Balaban J connectivity index is 1.63. The zero-order valence-corrected chi connectivity index (χ0v) is 14.5. The summed E-state index contributed by atoms with van der Waals surface area (Å²) < 4.78 is 1.83. The van der Waals surface area contributed by atoms with Gasteiger partial charge in [-0.3, -0.25) is 5.32 Å². The molecule has 1 aliphatic heterocycles. The van der Waals surface area contributed by atoms with Crippen LogP contribution in [0.4, 0.5) is 9.93 Å². The molecule has 1 unspecified atom stereocenters. The summed E-state index contributed by atoms with van der Waals surface area (Å²) in [5.74, 6) is 0. The Bertz CT molecular complexity index is 660. The van der Waals surface area contributed by atoms with Crippen molar-refractivity contribution in [1.82, 2.24) is 24.6 Å². The SMILES string of the molecule is CC(C)(C)c1cnc(NC(=O)N2CCCC(n3cncn3)C2)s1. The molecule has 1 aliphatic rings. The Labute approximate surface area is 139 Å². The number of likely N-dealkylation sites (tertiary alicyclic amines) is 1. The monoisotopic (exact) mass is 334 g/mol. The molecule has 1 atom stereocenters. The Morgan fingerprint density at radius 2 is 2.26 bits per heavy atom. The van der Waals surface area contributed by atoms with Gasteiger partial charge >= 0.3 is 6.03 Å². The maximum Gasteiger partial charge on any atom is 0.323 e. The van der Waals surface area contributed by atoms with Crippen molar-refractivity contribution in [3.8, 4) is 0 Å². The normalized spacial score (nSPS) is 18.9. The first-order valence-corrected chi connectivity index (χ1v) is 8.61. The second kappa shape index (κ2) is 6.27. The Hall–Kier alpha value is -1.96. The molecule has 7 nitrogen and oxygen atoms in total. The van der Waals surface area contributed by atoms with E-state index in [-0.39, 0.29) is 17.5 Å². The third-order valence-corrected chi connectivity index (χ3v) is 5.29. The van der Waals surface area contributed by atoms with E-state index in [1.165, 1.54) is 17.7 Å². The summed E-state index contributed by atoms with van der Waals surface area (Å²) in [4.78, 5) is 23.8. The van der Waals surface area contributed by atoms with Crippen LogP contribution in [0.3, 0.4) is 0 Å². The molecule has 23 heavy (non-hydrogen) atoms. The number of hydrogen-bond acceptors (Lipinski definition) is 5. The number of rotatable bonds is 2. The first-order chi connectivity index (χ1) is 10.9. The van der Waals surface area contributed by atoms with Crippen LogP contribution in [0.25, 0.3) is 0 Å². The fourth-order valence-electron chi connectivity index (χ4n) is 2.61. The maximum absolute atomic E-state index is 12.5. The van der Waals surface area contributed by atoms with Crippen molar-refractivity contribution in [3.63, 3.8) is 0 Å². The first-order valence-electron chi connectivity index (χ1n) is 7.80. The third-order valence-electron chi connectivity index (χ3n) is 3.95. The number of amides is 2. The molecule has 124 valence electrons. The molecular formula is C15H22N6OS. The van der Waals surface area contributed by atoms with Crippen LogP contribution in [0.5, 0.6) is 0 Å². The smallest absolute Gasteiger partial charge is 0.322 e. The van der Waals surface area contributed by atoms with Gasteiger partial charge in [0, 0.05) is 24.2 Å².